The molecule has 0 aromatic heterocycles. The van der Waals surface area contributed by atoms with Gasteiger partial charge in [-0.3, -0.25) is 4.55 Å². The molecule has 0 fully saturated rings. The molecule has 0 unspecified atom stereocenters. The van der Waals surface area contributed by atoms with E-state index >= 15 is 0 Å². The largest absolute Gasteiger partial charge is 1.00 e. The van der Waals surface area contributed by atoms with Crippen molar-refractivity contribution in [1.29, 1.82) is 0 Å². The van der Waals surface area contributed by atoms with Crippen LogP contribution in [0.5, 0.6) is 0 Å². The fraction of sp³-hybridized carbons (Fsp3) is 0. The maximum atomic E-state index is 10.4. The minimum absolute atomic E-state index is 0. The number of hydrogen-bond donors (Lipinski definition) is 2. The van der Waals surface area contributed by atoms with Gasteiger partial charge in [0.25, 0.3) is 10.1 Å². The van der Waals surface area contributed by atoms with E-state index in [0.717, 1.165) is 0 Å². The van der Waals surface area contributed by atoms with Crippen molar-refractivity contribution < 1.29 is 55.5 Å². The molecule has 22 heavy (non-hydrogen) atoms. The van der Waals surface area contributed by atoms with Crippen molar-refractivity contribution in [2.75, 3.05) is 0 Å². The number of rotatable bonds is 2. The van der Waals surface area contributed by atoms with Crippen LogP contribution in [0, 0.1) is 0 Å². The number of benzene rings is 2. The fourth-order valence-corrected chi connectivity index (χ4v) is 2.17. The summed E-state index contributed by atoms with van der Waals surface area (Å²) >= 11 is 0. The van der Waals surface area contributed by atoms with Crippen LogP contribution in [-0.2, 0) is 20.2 Å². The number of hydrogen-bond acceptors (Lipinski definition) is 6. The molecule has 0 aliphatic heterocycles. The van der Waals surface area contributed by atoms with Gasteiger partial charge in [-0.1, -0.05) is 36.4 Å². The van der Waals surface area contributed by atoms with E-state index in [-0.39, 0.29) is 45.5 Å². The first-order valence-electron chi connectivity index (χ1n) is 5.25. The fourth-order valence-electron chi connectivity index (χ4n) is 1.18. The molecule has 7 nitrogen and oxygen atoms in total. The molecule has 0 radical (unpaired) electrons. The zero-order chi connectivity index (χ0) is 15.2. The van der Waals surface area contributed by atoms with Crippen LogP contribution < -0.4 is 35.7 Å². The van der Waals surface area contributed by atoms with Crippen LogP contribution in [0.15, 0.2) is 70.5 Å². The second-order valence-corrected chi connectivity index (χ2v) is 6.36. The van der Waals surface area contributed by atoms with Gasteiger partial charge in [0.2, 0.25) is 0 Å². The molecule has 10 heteroatoms. The van der Waals surface area contributed by atoms with Crippen molar-refractivity contribution in [3.8, 4) is 0 Å². The van der Waals surface area contributed by atoms with E-state index in [0.29, 0.717) is 0 Å². The average molecular weight is 355 g/mol. The van der Waals surface area contributed by atoms with E-state index in [2.05, 4.69) is 0 Å². The van der Waals surface area contributed by atoms with Gasteiger partial charge >= 0.3 is 29.6 Å². The topological polar surface area (TPSA) is 147 Å². The quantitative estimate of drug-likeness (QED) is 0.502. The Bertz CT molecular complexity index is 681. The molecule has 0 heterocycles. The molecule has 2 aromatic rings. The van der Waals surface area contributed by atoms with Crippen LogP contribution in [0.1, 0.15) is 0 Å². The average Bonchev–Trinajstić information content (AvgIpc) is 2.40. The van der Waals surface area contributed by atoms with Gasteiger partial charge in [0.1, 0.15) is 10.1 Å². The van der Waals surface area contributed by atoms with Gasteiger partial charge in [-0.05, 0) is 24.3 Å². The van der Waals surface area contributed by atoms with E-state index in [1.54, 1.807) is 24.3 Å². The Kier molecular flexibility index (Phi) is 10.8. The molecule has 0 bridgehead atoms. The van der Waals surface area contributed by atoms with Gasteiger partial charge in [0.15, 0.2) is 0 Å². The first kappa shape index (κ1) is 23.5. The maximum absolute atomic E-state index is 10.4. The minimum Gasteiger partial charge on any atom is -0.744 e. The van der Waals surface area contributed by atoms with Gasteiger partial charge in [-0.25, -0.2) is 8.42 Å². The van der Waals surface area contributed by atoms with Crippen molar-refractivity contribution >= 4 is 20.2 Å². The summed E-state index contributed by atoms with van der Waals surface area (Å²) < 4.78 is 60.1. The molecule has 4 N–H and O–H groups in total. The molecule has 0 saturated carbocycles. The van der Waals surface area contributed by atoms with Crippen molar-refractivity contribution in [1.82, 2.24) is 6.15 Å². The van der Waals surface area contributed by atoms with Crippen LogP contribution in [0.4, 0.5) is 0 Å². The van der Waals surface area contributed by atoms with E-state index in [1.807, 2.05) is 0 Å². The third kappa shape index (κ3) is 8.61. The normalized spacial score (nSPS) is 10.3. The van der Waals surface area contributed by atoms with Gasteiger partial charge in [0, 0.05) is 0 Å². The Balaban J connectivity index is 0. The summed E-state index contributed by atoms with van der Waals surface area (Å²) in [6, 6.07) is 14.6. The summed E-state index contributed by atoms with van der Waals surface area (Å²) in [4.78, 5) is -0.259. The summed E-state index contributed by atoms with van der Waals surface area (Å²) in [5.74, 6) is 0. The minimum atomic E-state index is -4.25. The Hall–Kier alpha value is -0.780. The Morgan fingerprint density at radius 2 is 1.05 bits per heavy atom. The molecule has 0 aliphatic rings. The predicted molar refractivity (Wildman–Crippen MR) is 75.7 cm³/mol. The monoisotopic (exact) mass is 355 g/mol. The Labute approximate surface area is 151 Å². The van der Waals surface area contributed by atoms with Crippen molar-refractivity contribution in [2.24, 2.45) is 0 Å². The second kappa shape index (κ2) is 10.1. The summed E-state index contributed by atoms with van der Waals surface area (Å²) in [5, 5.41) is 0. The first-order valence-corrected chi connectivity index (χ1v) is 8.09. The molecule has 0 spiro atoms. The summed E-state index contributed by atoms with van der Waals surface area (Å²) in [5.41, 5.74) is 0. The molecule has 116 valence electrons. The van der Waals surface area contributed by atoms with Crippen molar-refractivity contribution in [3.05, 3.63) is 60.7 Å². The van der Waals surface area contributed by atoms with Gasteiger partial charge in [-0.2, -0.15) is 8.42 Å². The van der Waals surface area contributed by atoms with Crippen molar-refractivity contribution in [3.63, 3.8) is 0 Å². The third-order valence-electron chi connectivity index (χ3n) is 2.07. The maximum Gasteiger partial charge on any atom is 1.00 e. The van der Waals surface area contributed by atoms with E-state index in [4.69, 9.17) is 4.55 Å². The van der Waals surface area contributed by atoms with Gasteiger partial charge in [0.05, 0.1) is 9.79 Å². The van der Waals surface area contributed by atoms with Crippen LogP contribution >= 0.6 is 0 Å². The molecule has 0 saturated heterocycles. The molecular weight excluding hydrogens is 341 g/mol. The molecule has 0 atom stereocenters. The van der Waals surface area contributed by atoms with E-state index in [1.165, 1.54) is 36.4 Å². The Morgan fingerprint density at radius 3 is 1.23 bits per heavy atom. The molecular formula is C12H14NNaO6S2. The SMILES string of the molecule is N.O=S(=O)(O)c1ccccc1.O=S(=O)([O-])c1ccccc1.[Na+]. The zero-order valence-corrected chi connectivity index (χ0v) is 15.4. The molecule has 0 aliphatic carbocycles. The second-order valence-electron chi connectivity index (χ2n) is 3.56. The molecule has 2 aromatic carbocycles. The zero-order valence-electron chi connectivity index (χ0n) is 11.8. The Morgan fingerprint density at radius 1 is 0.727 bits per heavy atom. The summed E-state index contributed by atoms with van der Waals surface area (Å²) in [6.07, 6.45) is 0. The summed E-state index contributed by atoms with van der Waals surface area (Å²) in [6.45, 7) is 0. The smallest absolute Gasteiger partial charge is 0.744 e. The predicted octanol–water partition coefficient (Wildman–Crippen LogP) is -1.31. The molecule has 0 amide bonds. The van der Waals surface area contributed by atoms with E-state index in [9.17, 15) is 21.4 Å². The summed E-state index contributed by atoms with van der Waals surface area (Å²) in [7, 11) is -8.26. The van der Waals surface area contributed by atoms with Crippen LogP contribution in [0.25, 0.3) is 0 Å². The van der Waals surface area contributed by atoms with Gasteiger partial charge < -0.3 is 10.7 Å². The van der Waals surface area contributed by atoms with Crippen LogP contribution in [0.2, 0.25) is 0 Å². The van der Waals surface area contributed by atoms with E-state index < -0.39 is 20.2 Å². The third-order valence-corrected chi connectivity index (χ3v) is 3.79. The standard InChI is InChI=1S/2C6H6O3S.H3N.Na/c2*7-10(8,9)6-4-2-1-3-5-6;;/h2*1-5H,(H,7,8,9);1H3;/q;;;+1/p-1. The molecule has 2 rings (SSSR count). The van der Waals surface area contributed by atoms with Crippen molar-refractivity contribution in [2.45, 2.75) is 9.79 Å². The van der Waals surface area contributed by atoms with Gasteiger partial charge in [-0.15, -0.1) is 0 Å². The first-order chi connectivity index (χ1) is 9.21. The van der Waals surface area contributed by atoms with Crippen LogP contribution in [-0.4, -0.2) is 25.9 Å². The van der Waals surface area contributed by atoms with Crippen LogP contribution in [0.3, 0.4) is 0 Å².